The zero-order chi connectivity index (χ0) is 25.3. The Kier molecular flexibility index (Phi) is 6.58. The van der Waals surface area contributed by atoms with Gasteiger partial charge in [-0.05, 0) is 74.5 Å². The Morgan fingerprint density at radius 2 is 1.75 bits per heavy atom. The third kappa shape index (κ3) is 5.31. The minimum atomic E-state index is -0.493. The Morgan fingerprint density at radius 1 is 1.08 bits per heavy atom. The van der Waals surface area contributed by atoms with E-state index in [1.165, 1.54) is 0 Å². The van der Waals surface area contributed by atoms with Crippen LogP contribution in [0.5, 0.6) is 17.2 Å². The number of hydrogen-bond donors (Lipinski definition) is 1. The summed E-state index contributed by atoms with van der Waals surface area (Å²) in [6, 6.07) is 15.7. The van der Waals surface area contributed by atoms with Crippen molar-refractivity contribution in [3.8, 4) is 28.4 Å². The van der Waals surface area contributed by atoms with E-state index >= 15 is 0 Å². The summed E-state index contributed by atoms with van der Waals surface area (Å²) >= 11 is 0. The maximum absolute atomic E-state index is 12.5. The lowest BCUT2D eigenvalue weighted by Gasteiger charge is -2.30. The van der Waals surface area contributed by atoms with Gasteiger partial charge in [0, 0.05) is 37.0 Å². The highest BCUT2D eigenvalue weighted by molar-refractivity contribution is 5.70. The minimum Gasteiger partial charge on any atom is -0.507 e. The van der Waals surface area contributed by atoms with Crippen LogP contribution >= 0.6 is 0 Å². The molecule has 2 aliphatic rings. The summed E-state index contributed by atoms with van der Waals surface area (Å²) in [6.07, 6.45) is 4.84. The highest BCUT2D eigenvalue weighted by Gasteiger charge is 2.34. The first-order valence-corrected chi connectivity index (χ1v) is 12.4. The maximum Gasteiger partial charge on any atom is 0.306 e. The molecule has 188 valence electrons. The van der Waals surface area contributed by atoms with E-state index in [2.05, 4.69) is 34.1 Å². The molecule has 36 heavy (non-hydrogen) atoms. The summed E-state index contributed by atoms with van der Waals surface area (Å²) in [5, 5.41) is 11.0. The molecule has 1 unspecified atom stereocenters. The van der Waals surface area contributed by atoms with Crippen LogP contribution in [0.3, 0.4) is 0 Å². The van der Waals surface area contributed by atoms with Gasteiger partial charge in [-0.25, -0.2) is 0 Å². The van der Waals surface area contributed by atoms with E-state index in [4.69, 9.17) is 14.2 Å². The Hall–Kier alpha value is -3.58. The Bertz CT molecular complexity index is 1220. The molecule has 3 heterocycles. The third-order valence-electron chi connectivity index (χ3n) is 6.61. The highest BCUT2D eigenvalue weighted by Crippen LogP contribution is 2.44. The fourth-order valence-corrected chi connectivity index (χ4v) is 5.04. The van der Waals surface area contributed by atoms with E-state index in [1.807, 2.05) is 39.0 Å². The fourth-order valence-electron chi connectivity index (χ4n) is 5.04. The number of ether oxygens (including phenoxy) is 3. The second kappa shape index (κ2) is 9.82. The number of phenols is 1. The second-order valence-electron chi connectivity index (χ2n) is 10.5. The molecule has 7 heteroatoms. The van der Waals surface area contributed by atoms with Crippen LogP contribution in [0.4, 0.5) is 0 Å². The van der Waals surface area contributed by atoms with E-state index < -0.39 is 5.60 Å². The van der Waals surface area contributed by atoms with Crippen LogP contribution in [-0.2, 0) is 9.53 Å². The first kappa shape index (κ1) is 24.1. The number of phenolic OH excluding ortho intramolecular Hbond substituents is 1. The number of aromatic nitrogens is 1. The number of rotatable bonds is 6. The van der Waals surface area contributed by atoms with Crippen LogP contribution in [0.15, 0.2) is 60.9 Å². The van der Waals surface area contributed by atoms with Gasteiger partial charge in [-0.3, -0.25) is 14.7 Å². The van der Waals surface area contributed by atoms with Crippen LogP contribution in [-0.4, -0.2) is 46.4 Å². The molecule has 1 N–H and O–H groups in total. The number of esters is 1. The average Bonchev–Trinajstić information content (AvgIpc) is 3.48. The topological polar surface area (TPSA) is 81.1 Å². The second-order valence-corrected chi connectivity index (χ2v) is 10.5. The molecule has 2 aromatic carbocycles. The van der Waals surface area contributed by atoms with Crippen molar-refractivity contribution >= 4 is 5.97 Å². The molecule has 0 radical (unpaired) electrons. The number of aromatic hydroxyl groups is 1. The normalized spacial score (nSPS) is 18.2. The van der Waals surface area contributed by atoms with Crippen molar-refractivity contribution in [1.82, 2.24) is 9.88 Å². The smallest absolute Gasteiger partial charge is 0.306 e. The lowest BCUT2D eigenvalue weighted by atomic mass is 9.94. The molecule has 0 spiro atoms. The number of benzene rings is 2. The Balaban J connectivity index is 1.43. The predicted molar refractivity (Wildman–Crippen MR) is 136 cm³/mol. The largest absolute Gasteiger partial charge is 0.507 e. The van der Waals surface area contributed by atoms with Crippen molar-refractivity contribution in [3.05, 3.63) is 72.1 Å². The summed E-state index contributed by atoms with van der Waals surface area (Å²) in [4.78, 5) is 18.9. The van der Waals surface area contributed by atoms with E-state index in [9.17, 15) is 9.90 Å². The van der Waals surface area contributed by atoms with Crippen LogP contribution in [0.1, 0.15) is 50.8 Å². The summed E-state index contributed by atoms with van der Waals surface area (Å²) < 4.78 is 16.6. The zero-order valence-electron chi connectivity index (χ0n) is 20.9. The molecule has 7 nitrogen and oxygen atoms in total. The van der Waals surface area contributed by atoms with Gasteiger partial charge in [0.2, 0.25) is 6.79 Å². The van der Waals surface area contributed by atoms with E-state index in [1.54, 1.807) is 18.5 Å². The number of hydrogen-bond acceptors (Lipinski definition) is 7. The van der Waals surface area contributed by atoms with Crippen LogP contribution < -0.4 is 9.47 Å². The van der Waals surface area contributed by atoms with Crippen LogP contribution in [0.2, 0.25) is 0 Å². The maximum atomic E-state index is 12.5. The molecular formula is C29H32N2O5. The Morgan fingerprint density at radius 3 is 2.44 bits per heavy atom. The lowest BCUT2D eigenvalue weighted by Crippen LogP contribution is -2.29. The van der Waals surface area contributed by atoms with Crippen molar-refractivity contribution in [2.45, 2.75) is 45.3 Å². The molecule has 1 saturated heterocycles. The van der Waals surface area contributed by atoms with Crippen LogP contribution in [0, 0.1) is 5.92 Å². The molecule has 1 fully saturated rings. The molecule has 0 bridgehead atoms. The molecular weight excluding hydrogens is 456 g/mol. The van der Waals surface area contributed by atoms with Gasteiger partial charge in [0.15, 0.2) is 11.5 Å². The molecule has 5 rings (SSSR count). The minimum absolute atomic E-state index is 0.144. The molecule has 0 amide bonds. The third-order valence-corrected chi connectivity index (χ3v) is 6.61. The quantitative estimate of drug-likeness (QED) is 0.470. The van der Waals surface area contributed by atoms with Gasteiger partial charge in [0.25, 0.3) is 0 Å². The zero-order valence-corrected chi connectivity index (χ0v) is 20.9. The molecule has 2 aliphatic heterocycles. The van der Waals surface area contributed by atoms with Crippen molar-refractivity contribution in [2.24, 2.45) is 5.92 Å². The van der Waals surface area contributed by atoms with E-state index in [0.717, 1.165) is 41.8 Å². The molecule has 3 aromatic rings. The molecule has 0 aliphatic carbocycles. The molecule has 0 saturated carbocycles. The van der Waals surface area contributed by atoms with Crippen molar-refractivity contribution < 1.29 is 24.1 Å². The van der Waals surface area contributed by atoms with Crippen molar-refractivity contribution in [1.29, 1.82) is 0 Å². The standard InChI is InChI=1S/C29H32N2O5/c1-29(2,3)36-27(33)14-19-10-13-31(17-19)28(23-15-25-26(16-24(23)32)35-18-34-25)22-6-4-20(5-7-22)21-8-11-30-12-9-21/h4-9,11-12,15-16,19,28,32H,10,13-14,17-18H2,1-3H3/t19-,28?/m0/s1. The van der Waals surface area contributed by atoms with E-state index in [-0.39, 0.29) is 30.5 Å². The lowest BCUT2D eigenvalue weighted by molar-refractivity contribution is -0.155. The predicted octanol–water partition coefficient (Wildman–Crippen LogP) is 5.33. The van der Waals surface area contributed by atoms with Crippen LogP contribution in [0.25, 0.3) is 11.1 Å². The Labute approximate surface area is 211 Å². The van der Waals surface area contributed by atoms with Gasteiger partial charge in [-0.1, -0.05) is 24.3 Å². The molecule has 1 aromatic heterocycles. The average molecular weight is 489 g/mol. The van der Waals surface area contributed by atoms with Crippen molar-refractivity contribution in [3.63, 3.8) is 0 Å². The summed E-state index contributed by atoms with van der Waals surface area (Å²) in [6.45, 7) is 7.34. The molecule has 2 atom stereocenters. The first-order valence-electron chi connectivity index (χ1n) is 12.4. The number of pyridine rings is 1. The van der Waals surface area contributed by atoms with Gasteiger partial charge < -0.3 is 19.3 Å². The van der Waals surface area contributed by atoms with Gasteiger partial charge in [-0.2, -0.15) is 0 Å². The van der Waals surface area contributed by atoms with Gasteiger partial charge in [-0.15, -0.1) is 0 Å². The SMILES string of the molecule is CC(C)(C)OC(=O)C[C@@H]1CCN(C(c2ccc(-c3ccncc3)cc2)c2cc3c(cc2O)OCO3)C1. The summed E-state index contributed by atoms with van der Waals surface area (Å²) in [5.41, 5.74) is 3.51. The monoisotopic (exact) mass is 488 g/mol. The number of fused-ring (bicyclic) bond motifs is 1. The number of carbonyl (C=O) groups excluding carboxylic acids is 1. The van der Waals surface area contributed by atoms with Gasteiger partial charge >= 0.3 is 5.97 Å². The van der Waals surface area contributed by atoms with Gasteiger partial charge in [0.1, 0.15) is 11.4 Å². The summed E-state index contributed by atoms with van der Waals surface area (Å²) in [7, 11) is 0. The van der Waals surface area contributed by atoms with Gasteiger partial charge in [0.05, 0.1) is 6.04 Å². The number of nitrogens with zero attached hydrogens (tertiary/aromatic N) is 2. The fraction of sp³-hybridized carbons (Fsp3) is 0.379. The highest BCUT2D eigenvalue weighted by atomic mass is 16.7. The first-order chi connectivity index (χ1) is 17.3. The number of likely N-dealkylation sites (tertiary alicyclic amines) is 1. The van der Waals surface area contributed by atoms with E-state index in [0.29, 0.717) is 17.9 Å². The summed E-state index contributed by atoms with van der Waals surface area (Å²) in [5.74, 6) is 1.36. The van der Waals surface area contributed by atoms with Crippen molar-refractivity contribution in [2.75, 3.05) is 19.9 Å². The number of carbonyl (C=O) groups is 1.